The normalized spacial score (nSPS) is 19.0. The fourth-order valence-corrected chi connectivity index (χ4v) is 4.99. The van der Waals surface area contributed by atoms with E-state index in [0.717, 1.165) is 28.7 Å². The van der Waals surface area contributed by atoms with Crippen LogP contribution in [0.25, 0.3) is 5.57 Å². The molecule has 1 unspecified atom stereocenters. The molecule has 2 aromatic carbocycles. The minimum Gasteiger partial charge on any atom is -0.509 e. The summed E-state index contributed by atoms with van der Waals surface area (Å²) in [6.07, 6.45) is 4.13. The van der Waals surface area contributed by atoms with E-state index in [0.29, 0.717) is 31.6 Å². The van der Waals surface area contributed by atoms with Crippen LogP contribution in [0.3, 0.4) is 0 Å². The van der Waals surface area contributed by atoms with Gasteiger partial charge in [0.05, 0.1) is 0 Å². The maximum Gasteiger partial charge on any atom is 0.318 e. The fraction of sp³-hybridized carbons (Fsp3) is 0.367. The Morgan fingerprint density at radius 2 is 1.89 bits per heavy atom. The lowest BCUT2D eigenvalue weighted by Gasteiger charge is -2.34. The summed E-state index contributed by atoms with van der Waals surface area (Å²) in [5.41, 5.74) is 5.17. The molecule has 3 amide bonds. The molecule has 7 heteroatoms. The van der Waals surface area contributed by atoms with Crippen molar-refractivity contribution in [2.45, 2.75) is 58.2 Å². The van der Waals surface area contributed by atoms with Crippen LogP contribution in [0.2, 0.25) is 0 Å². The van der Waals surface area contributed by atoms with Crippen molar-refractivity contribution in [2.75, 3.05) is 6.54 Å². The highest BCUT2D eigenvalue weighted by Gasteiger charge is 2.43. The zero-order chi connectivity index (χ0) is 26.7. The average molecular weight is 501 g/mol. The third kappa shape index (κ3) is 6.28. The Labute approximate surface area is 218 Å². The second-order valence-electron chi connectivity index (χ2n) is 10.9. The SMILES string of the molecule is C=C(O)/C=C(\C=N)c1ccc(CNC(=O)C2C[C@H]2c2ccccc2)c2c1CCN(C(=O)NC(C)(C)C)C2. The highest BCUT2D eigenvalue weighted by atomic mass is 16.3. The van der Waals surface area contributed by atoms with Crippen LogP contribution in [0, 0.1) is 11.3 Å². The quantitative estimate of drug-likeness (QED) is 0.242. The standard InChI is InChI=1S/C30H36N4O3/c1-19(35)14-22(16-31)23-11-10-21(17-32-28(36)26-15-25(26)20-8-6-5-7-9-20)27-18-34(13-12-24(23)27)29(37)33-30(2,3)4/h5-11,14,16,25-26,31,35H,1,12-13,15,17-18H2,2-4H3,(H,32,36)(H,33,37)/b22-14+,31-16?/t25-,26?/m0/s1. The molecule has 4 rings (SSSR count). The molecule has 1 aliphatic heterocycles. The average Bonchev–Trinajstić information content (AvgIpc) is 3.66. The van der Waals surface area contributed by atoms with Crippen molar-refractivity contribution in [1.29, 1.82) is 5.41 Å². The predicted octanol–water partition coefficient (Wildman–Crippen LogP) is 5.08. The predicted molar refractivity (Wildman–Crippen MR) is 147 cm³/mol. The van der Waals surface area contributed by atoms with Crippen molar-refractivity contribution in [1.82, 2.24) is 15.5 Å². The third-order valence-electron chi connectivity index (χ3n) is 6.87. The van der Waals surface area contributed by atoms with E-state index in [4.69, 9.17) is 5.41 Å². The first-order chi connectivity index (χ1) is 17.6. The number of amides is 3. The summed E-state index contributed by atoms with van der Waals surface area (Å²) in [5.74, 6) is 0.167. The Hall–Kier alpha value is -3.87. The monoisotopic (exact) mass is 500 g/mol. The summed E-state index contributed by atoms with van der Waals surface area (Å²) in [4.78, 5) is 27.7. The van der Waals surface area contributed by atoms with E-state index in [1.165, 1.54) is 17.9 Å². The first-order valence-electron chi connectivity index (χ1n) is 12.7. The van der Waals surface area contributed by atoms with E-state index in [1.54, 1.807) is 4.90 Å². The van der Waals surface area contributed by atoms with Gasteiger partial charge in [0.15, 0.2) is 0 Å². The molecular weight excluding hydrogens is 464 g/mol. The van der Waals surface area contributed by atoms with E-state index >= 15 is 0 Å². The number of rotatable bonds is 7. The van der Waals surface area contributed by atoms with Crippen LogP contribution in [0.1, 0.15) is 60.9 Å². The highest BCUT2D eigenvalue weighted by molar-refractivity contribution is 6.09. The minimum absolute atomic E-state index is 0.0189. The number of carbonyl (C=O) groups is 2. The smallest absolute Gasteiger partial charge is 0.318 e. The molecule has 0 aromatic heterocycles. The summed E-state index contributed by atoms with van der Waals surface area (Å²) in [7, 11) is 0. The van der Waals surface area contributed by atoms with Crippen LogP contribution < -0.4 is 10.6 Å². The summed E-state index contributed by atoms with van der Waals surface area (Å²) in [6.45, 7) is 10.7. The molecule has 7 nitrogen and oxygen atoms in total. The number of aliphatic hydroxyl groups is 1. The molecule has 1 fully saturated rings. The maximum atomic E-state index is 12.9. The number of nitrogens with zero attached hydrogens (tertiary/aromatic N) is 1. The number of carbonyl (C=O) groups excluding carboxylic acids is 2. The van der Waals surface area contributed by atoms with Gasteiger partial charge in [-0.15, -0.1) is 0 Å². The van der Waals surface area contributed by atoms with Gasteiger partial charge in [-0.1, -0.05) is 49.0 Å². The molecule has 2 aliphatic rings. The lowest BCUT2D eigenvalue weighted by Crippen LogP contribution is -2.50. The summed E-state index contributed by atoms with van der Waals surface area (Å²) in [6, 6.07) is 13.9. The summed E-state index contributed by atoms with van der Waals surface area (Å²) in [5, 5.41) is 23.7. The van der Waals surface area contributed by atoms with Gasteiger partial charge in [0.2, 0.25) is 5.91 Å². The molecule has 0 saturated heterocycles. The number of aliphatic hydroxyl groups excluding tert-OH is 1. The molecule has 1 aliphatic carbocycles. The molecule has 1 heterocycles. The van der Waals surface area contributed by atoms with Gasteiger partial charge in [0.1, 0.15) is 5.76 Å². The van der Waals surface area contributed by atoms with Crippen molar-refractivity contribution in [3.05, 3.63) is 88.7 Å². The van der Waals surface area contributed by atoms with Gasteiger partial charge in [-0.25, -0.2) is 4.79 Å². The van der Waals surface area contributed by atoms with E-state index in [2.05, 4.69) is 29.3 Å². The molecule has 37 heavy (non-hydrogen) atoms. The molecule has 4 N–H and O–H groups in total. The van der Waals surface area contributed by atoms with Gasteiger partial charge in [-0.05, 0) is 73.4 Å². The molecule has 2 aromatic rings. The topological polar surface area (TPSA) is 106 Å². The van der Waals surface area contributed by atoms with Crippen LogP contribution in [0.15, 0.2) is 60.9 Å². The van der Waals surface area contributed by atoms with Gasteiger partial charge in [0, 0.05) is 42.9 Å². The number of nitrogens with one attached hydrogen (secondary N) is 3. The lowest BCUT2D eigenvalue weighted by molar-refractivity contribution is -0.122. The second kappa shape index (κ2) is 10.6. The van der Waals surface area contributed by atoms with E-state index in [-0.39, 0.29) is 35.1 Å². The Kier molecular flexibility index (Phi) is 7.52. The van der Waals surface area contributed by atoms with Crippen molar-refractivity contribution in [3.8, 4) is 0 Å². The zero-order valence-corrected chi connectivity index (χ0v) is 21.8. The first-order valence-corrected chi connectivity index (χ1v) is 12.7. The van der Waals surface area contributed by atoms with Crippen molar-refractivity contribution < 1.29 is 14.7 Å². The lowest BCUT2D eigenvalue weighted by atomic mass is 9.87. The van der Waals surface area contributed by atoms with Crippen LogP contribution >= 0.6 is 0 Å². The Morgan fingerprint density at radius 3 is 2.54 bits per heavy atom. The van der Waals surface area contributed by atoms with Gasteiger partial charge >= 0.3 is 6.03 Å². The van der Waals surface area contributed by atoms with Crippen LogP contribution in [0.5, 0.6) is 0 Å². The fourth-order valence-electron chi connectivity index (χ4n) is 4.99. The van der Waals surface area contributed by atoms with E-state index in [9.17, 15) is 14.7 Å². The first kappa shape index (κ1) is 26.2. The number of benzene rings is 2. The number of urea groups is 1. The maximum absolute atomic E-state index is 12.9. The number of allylic oxidation sites excluding steroid dienone is 2. The van der Waals surface area contributed by atoms with Crippen LogP contribution in [0.4, 0.5) is 4.79 Å². The minimum atomic E-state index is -0.354. The molecule has 0 bridgehead atoms. The summed E-state index contributed by atoms with van der Waals surface area (Å²) >= 11 is 0. The Balaban J connectivity index is 1.57. The Morgan fingerprint density at radius 1 is 1.16 bits per heavy atom. The molecular formula is C30H36N4O3. The molecule has 0 spiro atoms. The van der Waals surface area contributed by atoms with Gasteiger partial charge in [-0.2, -0.15) is 0 Å². The van der Waals surface area contributed by atoms with E-state index in [1.807, 2.05) is 51.1 Å². The Bertz CT molecular complexity index is 1240. The largest absolute Gasteiger partial charge is 0.509 e. The van der Waals surface area contributed by atoms with Crippen molar-refractivity contribution >= 4 is 23.7 Å². The molecule has 1 saturated carbocycles. The van der Waals surface area contributed by atoms with Crippen LogP contribution in [-0.2, 0) is 24.3 Å². The van der Waals surface area contributed by atoms with Crippen molar-refractivity contribution in [3.63, 3.8) is 0 Å². The van der Waals surface area contributed by atoms with Gasteiger partial charge < -0.3 is 26.0 Å². The second-order valence-corrected chi connectivity index (χ2v) is 10.9. The zero-order valence-electron chi connectivity index (χ0n) is 21.8. The molecule has 2 atom stereocenters. The molecule has 0 radical (unpaired) electrons. The third-order valence-corrected chi connectivity index (χ3v) is 6.87. The van der Waals surface area contributed by atoms with E-state index < -0.39 is 0 Å². The van der Waals surface area contributed by atoms with Gasteiger partial charge in [-0.3, -0.25) is 4.79 Å². The van der Waals surface area contributed by atoms with Gasteiger partial charge in [0.25, 0.3) is 0 Å². The number of hydrogen-bond acceptors (Lipinski definition) is 4. The molecule has 194 valence electrons. The highest BCUT2D eigenvalue weighted by Crippen LogP contribution is 2.47. The van der Waals surface area contributed by atoms with Crippen LogP contribution in [-0.4, -0.2) is 40.2 Å². The number of fused-ring (bicyclic) bond motifs is 1. The number of hydrogen-bond donors (Lipinski definition) is 4. The summed E-state index contributed by atoms with van der Waals surface area (Å²) < 4.78 is 0. The van der Waals surface area contributed by atoms with Crippen molar-refractivity contribution in [2.24, 2.45) is 5.92 Å².